The van der Waals surface area contributed by atoms with Crippen LogP contribution in [0.1, 0.15) is 5.82 Å². The molecule has 2 aromatic rings. The monoisotopic (exact) mass is 292 g/mol. The van der Waals surface area contributed by atoms with Crippen molar-refractivity contribution in [2.24, 2.45) is 0 Å². The molecule has 4 nitrogen and oxygen atoms in total. The Morgan fingerprint density at radius 3 is 2.41 bits per heavy atom. The van der Waals surface area contributed by atoms with E-state index >= 15 is 0 Å². The van der Waals surface area contributed by atoms with E-state index in [0.29, 0.717) is 5.69 Å². The molecule has 0 bridgehead atoms. The highest BCUT2D eigenvalue weighted by Crippen LogP contribution is 2.13. The van der Waals surface area contributed by atoms with E-state index in [2.05, 4.69) is 31.2 Å². The van der Waals surface area contributed by atoms with E-state index in [1.165, 1.54) is 0 Å². The van der Waals surface area contributed by atoms with Crippen molar-refractivity contribution < 1.29 is 0 Å². The molecule has 0 saturated heterocycles. The van der Waals surface area contributed by atoms with Crippen LogP contribution in [0.5, 0.6) is 0 Å². The Morgan fingerprint density at radius 2 is 1.76 bits per heavy atom. The van der Waals surface area contributed by atoms with Gasteiger partial charge >= 0.3 is 0 Å². The number of aromatic nitrogens is 2. The minimum atomic E-state index is 0.592. The zero-order valence-corrected chi connectivity index (χ0v) is 10.8. The predicted octanol–water partition coefficient (Wildman–Crippen LogP) is 2.48. The number of nitrogens with zero attached hydrogens (tertiary/aromatic N) is 2. The van der Waals surface area contributed by atoms with E-state index in [1.807, 2.05) is 24.3 Å². The lowest BCUT2D eigenvalue weighted by Gasteiger charge is -2.05. The summed E-state index contributed by atoms with van der Waals surface area (Å²) in [5, 5.41) is 3.30. The van der Waals surface area contributed by atoms with Gasteiger partial charge in [-0.05, 0) is 24.3 Å². The van der Waals surface area contributed by atoms with Gasteiger partial charge in [0.25, 0.3) is 0 Å². The van der Waals surface area contributed by atoms with Gasteiger partial charge in [0.05, 0.1) is 18.1 Å². The smallest absolute Gasteiger partial charge is 0.130 e. The van der Waals surface area contributed by atoms with Crippen LogP contribution in [0.25, 0.3) is 0 Å². The molecule has 0 aliphatic heterocycles. The minimum Gasteiger partial charge on any atom is -0.396 e. The van der Waals surface area contributed by atoms with Gasteiger partial charge in [-0.2, -0.15) is 0 Å². The molecule has 0 aliphatic carbocycles. The van der Waals surface area contributed by atoms with Crippen LogP contribution in [-0.2, 0) is 6.42 Å². The molecular weight excluding hydrogens is 280 g/mol. The third kappa shape index (κ3) is 3.71. The second kappa shape index (κ2) is 5.63. The SMILES string of the molecule is Nc1cnc(CCNc2ccc(Br)cc2)nc1. The number of hydrogen-bond acceptors (Lipinski definition) is 4. The van der Waals surface area contributed by atoms with Crippen LogP contribution in [0.2, 0.25) is 0 Å². The third-order valence-electron chi connectivity index (χ3n) is 2.25. The number of nitrogen functional groups attached to an aromatic ring is 1. The van der Waals surface area contributed by atoms with Crippen molar-refractivity contribution in [2.45, 2.75) is 6.42 Å². The van der Waals surface area contributed by atoms with Crippen molar-refractivity contribution >= 4 is 27.3 Å². The molecule has 0 unspecified atom stereocenters. The van der Waals surface area contributed by atoms with Crippen molar-refractivity contribution in [2.75, 3.05) is 17.6 Å². The third-order valence-corrected chi connectivity index (χ3v) is 2.78. The number of halogens is 1. The highest BCUT2D eigenvalue weighted by atomic mass is 79.9. The Hall–Kier alpha value is -1.62. The van der Waals surface area contributed by atoms with Crippen LogP contribution in [0.4, 0.5) is 11.4 Å². The molecule has 3 N–H and O–H groups in total. The second-order valence-electron chi connectivity index (χ2n) is 3.62. The van der Waals surface area contributed by atoms with E-state index in [0.717, 1.165) is 29.0 Å². The van der Waals surface area contributed by atoms with Gasteiger partial charge in [0.15, 0.2) is 0 Å². The minimum absolute atomic E-state index is 0.592. The Balaban J connectivity index is 1.83. The quantitative estimate of drug-likeness (QED) is 0.909. The maximum Gasteiger partial charge on any atom is 0.130 e. The summed E-state index contributed by atoms with van der Waals surface area (Å²) < 4.78 is 1.07. The number of nitrogens with two attached hydrogens (primary N) is 1. The fourth-order valence-corrected chi connectivity index (χ4v) is 1.64. The van der Waals surface area contributed by atoms with Crippen LogP contribution in [0.15, 0.2) is 41.1 Å². The topological polar surface area (TPSA) is 63.8 Å². The summed E-state index contributed by atoms with van der Waals surface area (Å²) in [6.45, 7) is 0.797. The van der Waals surface area contributed by atoms with Crippen LogP contribution in [0, 0.1) is 0 Å². The molecule has 5 heteroatoms. The van der Waals surface area contributed by atoms with Crippen molar-refractivity contribution in [3.05, 3.63) is 47.0 Å². The van der Waals surface area contributed by atoms with E-state index in [-0.39, 0.29) is 0 Å². The largest absolute Gasteiger partial charge is 0.396 e. The fourth-order valence-electron chi connectivity index (χ4n) is 1.38. The summed E-state index contributed by atoms with van der Waals surface area (Å²) in [6, 6.07) is 8.05. The molecule has 0 saturated carbocycles. The zero-order valence-electron chi connectivity index (χ0n) is 9.23. The molecule has 0 atom stereocenters. The van der Waals surface area contributed by atoms with Gasteiger partial charge in [-0.15, -0.1) is 0 Å². The molecule has 0 fully saturated rings. The molecular formula is C12H13BrN4. The summed E-state index contributed by atoms with van der Waals surface area (Å²) in [7, 11) is 0. The molecule has 17 heavy (non-hydrogen) atoms. The van der Waals surface area contributed by atoms with Crippen molar-refractivity contribution in [1.29, 1.82) is 0 Å². The molecule has 88 valence electrons. The van der Waals surface area contributed by atoms with E-state index in [9.17, 15) is 0 Å². The fraction of sp³-hybridized carbons (Fsp3) is 0.167. The molecule has 0 radical (unpaired) electrons. The number of rotatable bonds is 4. The summed E-state index contributed by atoms with van der Waals surface area (Å²) in [4.78, 5) is 8.28. The maximum atomic E-state index is 5.52. The summed E-state index contributed by atoms with van der Waals surface area (Å²) in [6.07, 6.45) is 4.03. The summed E-state index contributed by atoms with van der Waals surface area (Å²) >= 11 is 3.40. The Labute approximate surface area is 108 Å². The van der Waals surface area contributed by atoms with Gasteiger partial charge < -0.3 is 11.1 Å². The highest BCUT2D eigenvalue weighted by molar-refractivity contribution is 9.10. The predicted molar refractivity (Wildman–Crippen MR) is 72.8 cm³/mol. The molecule has 1 aromatic carbocycles. The van der Waals surface area contributed by atoms with Crippen LogP contribution < -0.4 is 11.1 Å². The Bertz CT molecular complexity index is 421. The van der Waals surface area contributed by atoms with E-state index < -0.39 is 0 Å². The lowest BCUT2D eigenvalue weighted by atomic mass is 10.3. The van der Waals surface area contributed by atoms with Crippen molar-refractivity contribution in [3.8, 4) is 0 Å². The molecule has 1 heterocycles. The number of nitrogens with one attached hydrogen (secondary N) is 1. The molecule has 1 aromatic heterocycles. The van der Waals surface area contributed by atoms with Gasteiger partial charge in [-0.25, -0.2) is 9.97 Å². The van der Waals surface area contributed by atoms with Crippen molar-refractivity contribution in [3.63, 3.8) is 0 Å². The van der Waals surface area contributed by atoms with E-state index in [1.54, 1.807) is 12.4 Å². The van der Waals surface area contributed by atoms with E-state index in [4.69, 9.17) is 5.73 Å². The first kappa shape index (κ1) is 11.9. The zero-order chi connectivity index (χ0) is 12.1. The second-order valence-corrected chi connectivity index (χ2v) is 4.53. The number of benzene rings is 1. The molecule has 0 spiro atoms. The Kier molecular flexibility index (Phi) is 3.93. The molecule has 0 amide bonds. The first-order valence-electron chi connectivity index (χ1n) is 5.30. The lowest BCUT2D eigenvalue weighted by Crippen LogP contribution is -2.07. The molecule has 2 rings (SSSR count). The normalized spacial score (nSPS) is 10.2. The number of hydrogen-bond donors (Lipinski definition) is 2. The van der Waals surface area contributed by atoms with Crippen LogP contribution in [-0.4, -0.2) is 16.5 Å². The first-order valence-corrected chi connectivity index (χ1v) is 6.09. The maximum absolute atomic E-state index is 5.52. The average molecular weight is 293 g/mol. The van der Waals surface area contributed by atoms with Gasteiger partial charge in [-0.3, -0.25) is 0 Å². The Morgan fingerprint density at radius 1 is 1.12 bits per heavy atom. The van der Waals surface area contributed by atoms with Gasteiger partial charge in [0, 0.05) is 23.1 Å². The highest BCUT2D eigenvalue weighted by Gasteiger charge is 1.96. The summed E-state index contributed by atoms with van der Waals surface area (Å²) in [5.74, 6) is 0.795. The van der Waals surface area contributed by atoms with Gasteiger partial charge in [0.1, 0.15) is 5.82 Å². The average Bonchev–Trinajstić information content (AvgIpc) is 2.34. The molecule has 0 aliphatic rings. The van der Waals surface area contributed by atoms with Gasteiger partial charge in [-0.1, -0.05) is 15.9 Å². The first-order chi connectivity index (χ1) is 8.24. The van der Waals surface area contributed by atoms with Crippen LogP contribution >= 0.6 is 15.9 Å². The lowest BCUT2D eigenvalue weighted by molar-refractivity contribution is 0.895. The summed E-state index contributed by atoms with van der Waals surface area (Å²) in [5.41, 5.74) is 7.19. The van der Waals surface area contributed by atoms with Gasteiger partial charge in [0.2, 0.25) is 0 Å². The van der Waals surface area contributed by atoms with Crippen molar-refractivity contribution in [1.82, 2.24) is 9.97 Å². The van der Waals surface area contributed by atoms with Crippen LogP contribution in [0.3, 0.4) is 0 Å². The number of anilines is 2. The standard InChI is InChI=1S/C12H13BrN4/c13-9-1-3-11(4-2-9)15-6-5-12-16-7-10(14)8-17-12/h1-4,7-8,15H,5-6,14H2.